The number of thioether (sulfide) groups is 1. The zero-order chi connectivity index (χ0) is 10.4. The molecule has 0 saturated heterocycles. The van der Waals surface area contributed by atoms with Crippen LogP contribution in [0.25, 0.3) is 0 Å². The summed E-state index contributed by atoms with van der Waals surface area (Å²) in [5, 5.41) is 2.25. The fourth-order valence-electron chi connectivity index (χ4n) is 1.17. The Kier molecular flexibility index (Phi) is 12.6. The third-order valence-electron chi connectivity index (χ3n) is 1.71. The molecule has 16 heavy (non-hydrogen) atoms. The SMILES string of the molecule is CN(C)Cc1cc(CSCCN)cs1.Cl.Cl. The summed E-state index contributed by atoms with van der Waals surface area (Å²) in [5.74, 6) is 2.15. The molecule has 0 aliphatic rings. The van der Waals surface area contributed by atoms with Crippen molar-refractivity contribution in [3.05, 3.63) is 21.9 Å². The van der Waals surface area contributed by atoms with E-state index < -0.39 is 0 Å². The van der Waals surface area contributed by atoms with E-state index >= 15 is 0 Å². The fourth-order valence-corrected chi connectivity index (χ4v) is 2.99. The Morgan fingerprint density at radius 2 is 2.06 bits per heavy atom. The Balaban J connectivity index is 0. The number of nitrogens with two attached hydrogens (primary N) is 1. The summed E-state index contributed by atoms with van der Waals surface area (Å²) >= 11 is 3.76. The van der Waals surface area contributed by atoms with Crippen LogP contribution in [0.4, 0.5) is 0 Å². The van der Waals surface area contributed by atoms with E-state index in [1.807, 2.05) is 23.1 Å². The van der Waals surface area contributed by atoms with Gasteiger partial charge in [-0.25, -0.2) is 0 Å². The molecule has 2 nitrogen and oxygen atoms in total. The number of rotatable bonds is 6. The lowest BCUT2D eigenvalue weighted by molar-refractivity contribution is 0.406. The van der Waals surface area contributed by atoms with E-state index in [-0.39, 0.29) is 24.8 Å². The number of hydrogen-bond acceptors (Lipinski definition) is 4. The molecule has 0 spiro atoms. The molecule has 0 amide bonds. The molecule has 0 radical (unpaired) electrons. The Bertz CT molecular complexity index is 267. The zero-order valence-corrected chi connectivity index (χ0v) is 12.9. The van der Waals surface area contributed by atoms with Gasteiger partial charge in [0.1, 0.15) is 0 Å². The van der Waals surface area contributed by atoms with E-state index in [2.05, 4.69) is 30.4 Å². The van der Waals surface area contributed by atoms with Crippen molar-refractivity contribution < 1.29 is 0 Å². The molecule has 0 bridgehead atoms. The normalized spacial score (nSPS) is 9.75. The molecular weight excluding hydrogens is 283 g/mol. The molecule has 1 aromatic rings. The summed E-state index contributed by atoms with van der Waals surface area (Å²) in [7, 11) is 4.20. The van der Waals surface area contributed by atoms with Gasteiger partial charge in [-0.1, -0.05) is 0 Å². The van der Waals surface area contributed by atoms with Gasteiger partial charge in [0.2, 0.25) is 0 Å². The van der Waals surface area contributed by atoms with Crippen molar-refractivity contribution in [1.82, 2.24) is 4.90 Å². The van der Waals surface area contributed by atoms with Gasteiger partial charge in [-0.15, -0.1) is 36.2 Å². The topological polar surface area (TPSA) is 29.3 Å². The molecule has 0 saturated carbocycles. The van der Waals surface area contributed by atoms with E-state index in [4.69, 9.17) is 5.73 Å². The highest BCUT2D eigenvalue weighted by molar-refractivity contribution is 7.98. The molecule has 0 atom stereocenters. The van der Waals surface area contributed by atoms with Gasteiger partial charge in [0.15, 0.2) is 0 Å². The number of thiophene rings is 1. The smallest absolute Gasteiger partial charge is 0.0321 e. The van der Waals surface area contributed by atoms with Crippen molar-refractivity contribution in [2.45, 2.75) is 12.3 Å². The van der Waals surface area contributed by atoms with Crippen molar-refractivity contribution >= 4 is 47.9 Å². The van der Waals surface area contributed by atoms with Crippen LogP contribution in [0.1, 0.15) is 10.4 Å². The lowest BCUT2D eigenvalue weighted by Crippen LogP contribution is -2.09. The highest BCUT2D eigenvalue weighted by Gasteiger charge is 2.00. The van der Waals surface area contributed by atoms with Gasteiger partial charge in [-0.05, 0) is 31.1 Å². The van der Waals surface area contributed by atoms with E-state index in [0.717, 1.165) is 24.6 Å². The van der Waals surface area contributed by atoms with Crippen molar-refractivity contribution in [2.75, 3.05) is 26.4 Å². The van der Waals surface area contributed by atoms with Crippen LogP contribution in [0.5, 0.6) is 0 Å². The van der Waals surface area contributed by atoms with Crippen LogP contribution in [0.2, 0.25) is 0 Å². The first-order chi connectivity index (χ1) is 6.72. The monoisotopic (exact) mass is 302 g/mol. The second-order valence-corrected chi connectivity index (χ2v) is 5.60. The Morgan fingerprint density at radius 3 is 2.62 bits per heavy atom. The van der Waals surface area contributed by atoms with Crippen molar-refractivity contribution in [3.8, 4) is 0 Å². The van der Waals surface area contributed by atoms with Gasteiger partial charge in [-0.3, -0.25) is 0 Å². The van der Waals surface area contributed by atoms with Gasteiger partial charge >= 0.3 is 0 Å². The third kappa shape index (κ3) is 7.76. The molecule has 0 aliphatic heterocycles. The maximum Gasteiger partial charge on any atom is 0.0321 e. The second kappa shape index (κ2) is 10.7. The van der Waals surface area contributed by atoms with Crippen molar-refractivity contribution in [1.29, 1.82) is 0 Å². The molecule has 1 rings (SSSR count). The van der Waals surface area contributed by atoms with Crippen LogP contribution in [0.15, 0.2) is 11.4 Å². The lowest BCUT2D eigenvalue weighted by atomic mass is 10.3. The molecule has 1 aromatic heterocycles. The number of halogens is 2. The van der Waals surface area contributed by atoms with Crippen LogP contribution < -0.4 is 5.73 Å². The third-order valence-corrected chi connectivity index (χ3v) is 3.74. The zero-order valence-electron chi connectivity index (χ0n) is 9.64. The average Bonchev–Trinajstić information content (AvgIpc) is 2.52. The standard InChI is InChI=1S/C10H18N2S2.2ClH/c1-12(2)6-10-5-9(8-14-10)7-13-4-3-11;;/h5,8H,3-4,6-7,11H2,1-2H3;2*1H. The predicted octanol–water partition coefficient (Wildman–Crippen LogP) is 2.85. The predicted molar refractivity (Wildman–Crippen MR) is 81.4 cm³/mol. The Labute approximate surface area is 119 Å². The van der Waals surface area contributed by atoms with Crippen molar-refractivity contribution in [2.24, 2.45) is 5.73 Å². The minimum absolute atomic E-state index is 0. The van der Waals surface area contributed by atoms with E-state index in [1.54, 1.807) is 0 Å². The largest absolute Gasteiger partial charge is 0.330 e. The fraction of sp³-hybridized carbons (Fsp3) is 0.600. The molecule has 6 heteroatoms. The van der Waals surface area contributed by atoms with Crippen LogP contribution in [-0.4, -0.2) is 31.3 Å². The quantitative estimate of drug-likeness (QED) is 0.820. The van der Waals surface area contributed by atoms with E-state index in [0.29, 0.717) is 0 Å². The first-order valence-electron chi connectivity index (χ1n) is 4.71. The average molecular weight is 303 g/mol. The second-order valence-electron chi connectivity index (χ2n) is 3.50. The molecular formula is C10H20Cl2N2S2. The number of nitrogens with zero attached hydrogens (tertiary/aromatic N) is 1. The Hall–Kier alpha value is 0.550. The minimum Gasteiger partial charge on any atom is -0.330 e. The highest BCUT2D eigenvalue weighted by atomic mass is 35.5. The maximum absolute atomic E-state index is 5.44. The molecule has 0 aliphatic carbocycles. The van der Waals surface area contributed by atoms with Gasteiger partial charge in [0.05, 0.1) is 0 Å². The molecule has 0 unspecified atom stereocenters. The van der Waals surface area contributed by atoms with Crippen molar-refractivity contribution in [3.63, 3.8) is 0 Å². The first-order valence-corrected chi connectivity index (χ1v) is 6.74. The molecule has 96 valence electrons. The van der Waals surface area contributed by atoms with E-state index in [1.165, 1.54) is 10.4 Å². The van der Waals surface area contributed by atoms with Crippen LogP contribution in [0.3, 0.4) is 0 Å². The summed E-state index contributed by atoms with van der Waals surface area (Å²) in [5.41, 5.74) is 6.87. The van der Waals surface area contributed by atoms with Crippen LogP contribution in [-0.2, 0) is 12.3 Å². The van der Waals surface area contributed by atoms with Gasteiger partial charge in [-0.2, -0.15) is 11.8 Å². The molecule has 0 fully saturated rings. The first kappa shape index (κ1) is 18.9. The Morgan fingerprint density at radius 1 is 1.38 bits per heavy atom. The molecule has 1 heterocycles. The summed E-state index contributed by atoms with van der Waals surface area (Å²) < 4.78 is 0. The highest BCUT2D eigenvalue weighted by Crippen LogP contribution is 2.20. The van der Waals surface area contributed by atoms with Gasteiger partial charge < -0.3 is 10.6 Å². The summed E-state index contributed by atoms with van der Waals surface area (Å²) in [6.07, 6.45) is 0. The molecule has 2 N–H and O–H groups in total. The van der Waals surface area contributed by atoms with Gasteiger partial charge in [0, 0.05) is 29.5 Å². The van der Waals surface area contributed by atoms with E-state index in [9.17, 15) is 0 Å². The lowest BCUT2D eigenvalue weighted by Gasteiger charge is -2.05. The minimum atomic E-state index is 0. The van der Waals surface area contributed by atoms with Gasteiger partial charge in [0.25, 0.3) is 0 Å². The van der Waals surface area contributed by atoms with Crippen LogP contribution >= 0.6 is 47.9 Å². The maximum atomic E-state index is 5.44. The summed E-state index contributed by atoms with van der Waals surface area (Å²) in [6.45, 7) is 1.82. The van der Waals surface area contributed by atoms with Crippen LogP contribution in [0, 0.1) is 0 Å². The number of hydrogen-bond donors (Lipinski definition) is 1. The summed E-state index contributed by atoms with van der Waals surface area (Å²) in [6, 6.07) is 2.30. The molecule has 0 aromatic carbocycles. The summed E-state index contributed by atoms with van der Waals surface area (Å²) in [4.78, 5) is 3.64.